The van der Waals surface area contributed by atoms with Gasteiger partial charge in [-0.15, -0.1) is 0 Å². The zero-order chi connectivity index (χ0) is 33.3. The van der Waals surface area contributed by atoms with Crippen LogP contribution in [0, 0.1) is 28.6 Å². The number of sulfone groups is 1. The molecule has 0 spiro atoms. The lowest BCUT2D eigenvalue weighted by atomic mass is 9.44. The van der Waals surface area contributed by atoms with Gasteiger partial charge in [-0.05, 0) is 74.1 Å². The molecule has 5 rings (SSSR count). The number of esters is 2. The van der Waals surface area contributed by atoms with E-state index in [1.165, 1.54) is 50.3 Å². The molecule has 0 radical (unpaired) electrons. The topological polar surface area (TPSA) is 141 Å². The molecule has 1 aromatic rings. The van der Waals surface area contributed by atoms with Gasteiger partial charge in [-0.1, -0.05) is 26.8 Å². The molecular weight excluding hydrogens is 610 g/mol. The molecule has 1 N–H and O–H groups in total. The third kappa shape index (κ3) is 4.73. The molecule has 0 saturated heterocycles. The van der Waals surface area contributed by atoms with Gasteiger partial charge in [0.25, 0.3) is 0 Å². The quantitative estimate of drug-likeness (QED) is 0.342. The van der Waals surface area contributed by atoms with Gasteiger partial charge in [-0.2, -0.15) is 0 Å². The average Bonchev–Trinajstić information content (AvgIpc) is 3.19. The van der Waals surface area contributed by atoms with Crippen LogP contribution < -0.4 is 0 Å². The van der Waals surface area contributed by atoms with Crippen LogP contribution in [0.15, 0.2) is 53.0 Å². The maximum Gasteiger partial charge on any atom is 0.351 e. The van der Waals surface area contributed by atoms with Crippen molar-refractivity contribution in [3.8, 4) is 0 Å². The van der Waals surface area contributed by atoms with Gasteiger partial charge in [0.15, 0.2) is 33.7 Å². The number of Topliss-reactive ketones (excluding diaryl/α,β-unsaturated/α-hetero) is 1. The minimum Gasteiger partial charge on any atom is -0.454 e. The molecule has 12 heteroatoms. The molecule has 4 aliphatic rings. The molecule has 0 heterocycles. The van der Waals surface area contributed by atoms with Crippen molar-refractivity contribution < 1.29 is 51.0 Å². The molecule has 1 aromatic carbocycles. The first-order valence-corrected chi connectivity index (χ1v) is 16.9. The first kappa shape index (κ1) is 33.1. The van der Waals surface area contributed by atoms with Gasteiger partial charge in [-0.25, -0.2) is 22.0 Å². The normalized spacial score (nSPS) is 38.8. The summed E-state index contributed by atoms with van der Waals surface area (Å²) < 4.78 is 68.4. The highest BCUT2D eigenvalue weighted by Gasteiger charge is 2.78. The molecule has 0 amide bonds. The summed E-state index contributed by atoms with van der Waals surface area (Å²) in [6.07, 6.45) is 0.525. The van der Waals surface area contributed by atoms with Gasteiger partial charge in [0.1, 0.15) is 6.17 Å². The standard InChI is InChI=1S/C33H38F2O9S/c1-6-28(39)44-33(29(40)43-17-26(37)19-7-9-21(10-8-19)45(5,41)42)18(2)13-22-23-15-25(34)24-14-20(36)11-12-30(24,3)32(23,35)27(38)16-31(22,33)4/h7-12,14,18,22-23,25,27,38H,6,13,15-17H2,1-5H3/t18-,22+,23+,25+,27+,30+,31+,32+,33+/m1/s1. The summed E-state index contributed by atoms with van der Waals surface area (Å²) in [4.78, 5) is 52.1. The second-order valence-electron chi connectivity index (χ2n) is 13.4. The lowest BCUT2D eigenvalue weighted by Gasteiger charge is -2.63. The lowest BCUT2D eigenvalue weighted by Crippen LogP contribution is -2.71. The average molecular weight is 649 g/mol. The van der Waals surface area contributed by atoms with E-state index in [4.69, 9.17) is 9.47 Å². The van der Waals surface area contributed by atoms with Gasteiger partial charge in [0.2, 0.25) is 5.60 Å². The first-order chi connectivity index (χ1) is 20.9. The van der Waals surface area contributed by atoms with E-state index in [-0.39, 0.29) is 41.7 Å². The van der Waals surface area contributed by atoms with Crippen molar-refractivity contribution in [2.45, 2.75) is 81.8 Å². The van der Waals surface area contributed by atoms with Gasteiger partial charge in [-0.3, -0.25) is 14.4 Å². The van der Waals surface area contributed by atoms with Crippen LogP contribution in [0.5, 0.6) is 0 Å². The Bertz CT molecular complexity index is 1620. The number of aliphatic hydroxyl groups is 1. The summed E-state index contributed by atoms with van der Waals surface area (Å²) in [6.45, 7) is 5.51. The van der Waals surface area contributed by atoms with Crippen LogP contribution >= 0.6 is 0 Å². The van der Waals surface area contributed by atoms with Crippen LogP contribution in [0.25, 0.3) is 0 Å². The zero-order valence-corrected chi connectivity index (χ0v) is 26.7. The van der Waals surface area contributed by atoms with Crippen molar-refractivity contribution in [2.24, 2.45) is 28.6 Å². The lowest BCUT2D eigenvalue weighted by molar-refractivity contribution is -0.238. The molecule has 0 aromatic heterocycles. The van der Waals surface area contributed by atoms with Gasteiger partial charge < -0.3 is 14.6 Å². The first-order valence-electron chi connectivity index (χ1n) is 15.1. The molecule has 9 atom stereocenters. The number of allylic oxidation sites excluding steroid dienone is 4. The number of carbonyl (C=O) groups is 4. The monoisotopic (exact) mass is 648 g/mol. The second-order valence-corrected chi connectivity index (χ2v) is 15.4. The van der Waals surface area contributed by atoms with E-state index in [0.717, 1.165) is 12.3 Å². The van der Waals surface area contributed by atoms with Crippen molar-refractivity contribution in [1.82, 2.24) is 0 Å². The number of rotatable bonds is 7. The van der Waals surface area contributed by atoms with Crippen molar-refractivity contribution >= 4 is 33.3 Å². The minimum atomic E-state index is -3.50. The Morgan fingerprint density at radius 3 is 2.33 bits per heavy atom. The number of alkyl halides is 2. The molecule has 9 nitrogen and oxygen atoms in total. The molecule has 4 aliphatic carbocycles. The van der Waals surface area contributed by atoms with Crippen molar-refractivity contribution in [3.05, 3.63) is 53.6 Å². The number of benzene rings is 1. The Kier molecular flexibility index (Phi) is 8.05. The van der Waals surface area contributed by atoms with Gasteiger partial charge >= 0.3 is 11.9 Å². The Labute approximate surface area is 261 Å². The largest absolute Gasteiger partial charge is 0.454 e. The fraction of sp³-hybridized carbons (Fsp3) is 0.576. The van der Waals surface area contributed by atoms with Crippen LogP contribution in [0.4, 0.5) is 8.78 Å². The van der Waals surface area contributed by atoms with Crippen molar-refractivity contribution in [1.29, 1.82) is 0 Å². The molecule has 0 bridgehead atoms. The van der Waals surface area contributed by atoms with E-state index >= 15 is 8.78 Å². The molecular formula is C33H38F2O9S. The minimum absolute atomic E-state index is 0.00466. The Morgan fingerprint density at radius 1 is 1.09 bits per heavy atom. The van der Waals surface area contributed by atoms with Crippen LogP contribution in [-0.4, -0.2) is 73.4 Å². The van der Waals surface area contributed by atoms with Gasteiger partial charge in [0.05, 0.1) is 11.0 Å². The summed E-state index contributed by atoms with van der Waals surface area (Å²) in [5.74, 6) is -5.52. The van der Waals surface area contributed by atoms with Crippen LogP contribution in [0.1, 0.15) is 63.7 Å². The summed E-state index contributed by atoms with van der Waals surface area (Å²) in [6, 6.07) is 5.10. The second kappa shape index (κ2) is 10.9. The highest BCUT2D eigenvalue weighted by atomic mass is 32.2. The third-order valence-electron chi connectivity index (χ3n) is 11.0. The number of hydrogen-bond acceptors (Lipinski definition) is 9. The number of fused-ring (bicyclic) bond motifs is 5. The van der Waals surface area contributed by atoms with Crippen LogP contribution in [-0.2, 0) is 33.7 Å². The Morgan fingerprint density at radius 2 is 1.73 bits per heavy atom. The van der Waals surface area contributed by atoms with E-state index in [0.29, 0.717) is 0 Å². The molecule has 45 heavy (non-hydrogen) atoms. The molecule has 3 fully saturated rings. The smallest absolute Gasteiger partial charge is 0.351 e. The molecule has 3 saturated carbocycles. The Hall–Kier alpha value is -3.25. The fourth-order valence-electron chi connectivity index (χ4n) is 8.68. The number of hydrogen-bond donors (Lipinski definition) is 1. The van der Waals surface area contributed by atoms with Crippen molar-refractivity contribution in [2.75, 3.05) is 12.9 Å². The van der Waals surface area contributed by atoms with E-state index in [1.54, 1.807) is 13.8 Å². The number of ketones is 2. The summed E-state index contributed by atoms with van der Waals surface area (Å²) >= 11 is 0. The molecule has 0 unspecified atom stereocenters. The van der Waals surface area contributed by atoms with E-state index in [9.17, 15) is 32.7 Å². The van der Waals surface area contributed by atoms with Crippen LogP contribution in [0.3, 0.4) is 0 Å². The maximum absolute atomic E-state index is 17.6. The number of aliphatic hydroxyl groups excluding tert-OH is 1. The summed E-state index contributed by atoms with van der Waals surface area (Å²) in [5, 5.41) is 11.6. The molecule has 0 aliphatic heterocycles. The van der Waals surface area contributed by atoms with E-state index in [2.05, 4.69) is 0 Å². The molecule has 244 valence electrons. The summed E-state index contributed by atoms with van der Waals surface area (Å²) in [5.41, 5.74) is -7.42. The Balaban J connectivity index is 1.50. The van der Waals surface area contributed by atoms with E-state index in [1.807, 2.05) is 0 Å². The SMILES string of the molecule is CCC(=O)O[C@]1(C(=O)OCC(=O)c2ccc(S(C)(=O)=O)cc2)[C@H](C)C[C@H]2[C@@H]3C[C@H](F)C4=CC(=O)C=C[C@]4(C)[C@@]3(F)[C@@H](O)C[C@@]21C. The van der Waals surface area contributed by atoms with Crippen LogP contribution in [0.2, 0.25) is 0 Å². The highest BCUT2D eigenvalue weighted by Crippen LogP contribution is 2.71. The highest BCUT2D eigenvalue weighted by molar-refractivity contribution is 7.90. The van der Waals surface area contributed by atoms with E-state index < -0.39 is 92.1 Å². The van der Waals surface area contributed by atoms with Gasteiger partial charge in [0, 0.05) is 40.9 Å². The summed E-state index contributed by atoms with van der Waals surface area (Å²) in [7, 11) is -3.50. The zero-order valence-electron chi connectivity index (χ0n) is 25.8. The predicted molar refractivity (Wildman–Crippen MR) is 157 cm³/mol. The van der Waals surface area contributed by atoms with Crippen molar-refractivity contribution in [3.63, 3.8) is 0 Å². The predicted octanol–water partition coefficient (Wildman–Crippen LogP) is 4.07. The maximum atomic E-state index is 17.6. The number of halogens is 2. The third-order valence-corrected chi connectivity index (χ3v) is 12.1. The number of ether oxygens (including phenoxy) is 2. The number of carbonyl (C=O) groups excluding carboxylic acids is 4. The fourth-order valence-corrected chi connectivity index (χ4v) is 9.31.